The molecule has 18 heavy (non-hydrogen) atoms. The number of benzene rings is 1. The number of amides is 2. The van der Waals surface area contributed by atoms with Crippen molar-refractivity contribution in [3.05, 3.63) is 34.9 Å². The molecule has 0 saturated heterocycles. The van der Waals surface area contributed by atoms with Gasteiger partial charge in [0.2, 0.25) is 5.91 Å². The first-order valence-corrected chi connectivity index (χ1v) is 5.81. The summed E-state index contributed by atoms with van der Waals surface area (Å²) >= 11 is 0. The Morgan fingerprint density at radius 2 is 2.33 bits per heavy atom. The minimum atomic E-state index is -0.0427. The monoisotopic (exact) mass is 242 g/mol. The molecule has 1 aliphatic heterocycles. The molecule has 1 aromatic rings. The summed E-state index contributed by atoms with van der Waals surface area (Å²) in [7, 11) is 0. The quantitative estimate of drug-likeness (QED) is 0.595. The van der Waals surface area contributed by atoms with Crippen LogP contribution in [0.3, 0.4) is 0 Å². The average Bonchev–Trinajstić information content (AvgIpc) is 2.70. The maximum absolute atomic E-state index is 11.4. The van der Waals surface area contributed by atoms with Gasteiger partial charge in [0.15, 0.2) is 0 Å². The number of nitrogens with one attached hydrogen (secondary N) is 2. The number of carbonyl (C=O) groups excluding carboxylic acids is 2. The molecule has 1 heterocycles. The van der Waals surface area contributed by atoms with Crippen LogP contribution in [0.1, 0.15) is 34.8 Å². The summed E-state index contributed by atoms with van der Waals surface area (Å²) in [5, 5.41) is 5.45. The zero-order valence-corrected chi connectivity index (χ0v) is 10.2. The molecule has 4 nitrogen and oxygen atoms in total. The van der Waals surface area contributed by atoms with Crippen LogP contribution in [0.5, 0.6) is 0 Å². The highest BCUT2D eigenvalue weighted by Crippen LogP contribution is 2.16. The molecular formula is C14H14N2O2. The van der Waals surface area contributed by atoms with Crippen LogP contribution in [0.2, 0.25) is 0 Å². The van der Waals surface area contributed by atoms with Gasteiger partial charge in [-0.25, -0.2) is 0 Å². The van der Waals surface area contributed by atoms with E-state index in [1.807, 2.05) is 12.1 Å². The Kier molecular flexibility index (Phi) is 3.63. The third-order valence-electron chi connectivity index (χ3n) is 2.65. The van der Waals surface area contributed by atoms with Crippen molar-refractivity contribution in [2.75, 3.05) is 6.54 Å². The zero-order chi connectivity index (χ0) is 13.0. The van der Waals surface area contributed by atoms with Crippen LogP contribution in [0, 0.1) is 11.8 Å². The molecule has 0 radical (unpaired) electrons. The lowest BCUT2D eigenvalue weighted by atomic mass is 10.1. The Hall–Kier alpha value is -2.28. The van der Waals surface area contributed by atoms with Gasteiger partial charge in [0, 0.05) is 37.6 Å². The standard InChI is InChI=1S/C14H14N2O2/c1-10(17)15-7-3-2-4-11-5-6-13-12(8-11)9-16-14(13)18/h5-6,8H,3,7,9H2,1H3,(H,15,17)(H,16,18). The highest BCUT2D eigenvalue weighted by atomic mass is 16.2. The molecule has 92 valence electrons. The van der Waals surface area contributed by atoms with Crippen LogP contribution in [0.4, 0.5) is 0 Å². The summed E-state index contributed by atoms with van der Waals surface area (Å²) < 4.78 is 0. The lowest BCUT2D eigenvalue weighted by Crippen LogP contribution is -2.20. The molecule has 2 amide bonds. The zero-order valence-electron chi connectivity index (χ0n) is 10.2. The summed E-state index contributed by atoms with van der Waals surface area (Å²) in [4.78, 5) is 22.0. The molecular weight excluding hydrogens is 228 g/mol. The van der Waals surface area contributed by atoms with Crippen molar-refractivity contribution < 1.29 is 9.59 Å². The number of hydrogen-bond acceptors (Lipinski definition) is 2. The normalized spacial score (nSPS) is 12.2. The van der Waals surface area contributed by atoms with Crippen LogP contribution < -0.4 is 10.6 Å². The number of hydrogen-bond donors (Lipinski definition) is 2. The van der Waals surface area contributed by atoms with Gasteiger partial charge < -0.3 is 10.6 Å². The summed E-state index contributed by atoms with van der Waals surface area (Å²) in [5.74, 6) is 5.95. The third-order valence-corrected chi connectivity index (χ3v) is 2.65. The Balaban J connectivity index is 1.97. The van der Waals surface area contributed by atoms with Gasteiger partial charge in [-0.15, -0.1) is 0 Å². The minimum absolute atomic E-state index is 0.0184. The molecule has 1 aliphatic rings. The van der Waals surface area contributed by atoms with E-state index in [0.29, 0.717) is 19.5 Å². The van der Waals surface area contributed by atoms with E-state index in [2.05, 4.69) is 22.5 Å². The average molecular weight is 242 g/mol. The largest absolute Gasteiger partial charge is 0.355 e. The topological polar surface area (TPSA) is 58.2 Å². The van der Waals surface area contributed by atoms with Gasteiger partial charge in [-0.05, 0) is 23.8 Å². The fraction of sp³-hybridized carbons (Fsp3) is 0.286. The predicted molar refractivity (Wildman–Crippen MR) is 67.8 cm³/mol. The molecule has 0 aliphatic carbocycles. The van der Waals surface area contributed by atoms with Crippen molar-refractivity contribution in [1.29, 1.82) is 0 Å². The van der Waals surface area contributed by atoms with Crippen molar-refractivity contribution in [1.82, 2.24) is 10.6 Å². The SMILES string of the molecule is CC(=O)NCCC#Cc1ccc2c(c1)CNC2=O. The third kappa shape index (κ3) is 2.89. The van der Waals surface area contributed by atoms with Gasteiger partial charge in [-0.3, -0.25) is 9.59 Å². The van der Waals surface area contributed by atoms with Gasteiger partial charge >= 0.3 is 0 Å². The fourth-order valence-electron chi connectivity index (χ4n) is 1.78. The van der Waals surface area contributed by atoms with Crippen molar-refractivity contribution in [2.24, 2.45) is 0 Å². The predicted octanol–water partition coefficient (Wildman–Crippen LogP) is 0.808. The molecule has 0 saturated carbocycles. The van der Waals surface area contributed by atoms with Crippen LogP contribution in [0.15, 0.2) is 18.2 Å². The van der Waals surface area contributed by atoms with Gasteiger partial charge in [0.1, 0.15) is 0 Å². The van der Waals surface area contributed by atoms with Crippen LogP contribution >= 0.6 is 0 Å². The van der Waals surface area contributed by atoms with E-state index >= 15 is 0 Å². The highest BCUT2D eigenvalue weighted by molar-refractivity contribution is 5.98. The second kappa shape index (κ2) is 5.37. The van der Waals surface area contributed by atoms with E-state index in [4.69, 9.17) is 0 Å². The van der Waals surface area contributed by atoms with Crippen molar-refractivity contribution in [3.63, 3.8) is 0 Å². The van der Waals surface area contributed by atoms with E-state index in [1.165, 1.54) is 6.92 Å². The number of carbonyl (C=O) groups is 2. The second-order valence-corrected chi connectivity index (χ2v) is 4.09. The van der Waals surface area contributed by atoms with E-state index in [0.717, 1.165) is 16.7 Å². The maximum atomic E-state index is 11.4. The molecule has 0 unspecified atom stereocenters. The Labute approximate surface area is 106 Å². The molecule has 2 N–H and O–H groups in total. The first-order chi connectivity index (χ1) is 8.66. The number of fused-ring (bicyclic) bond motifs is 1. The summed E-state index contributed by atoms with van der Waals surface area (Å²) in [5.41, 5.74) is 2.63. The minimum Gasteiger partial charge on any atom is -0.355 e. The Morgan fingerprint density at radius 3 is 3.11 bits per heavy atom. The smallest absolute Gasteiger partial charge is 0.251 e. The first kappa shape index (κ1) is 12.2. The van der Waals surface area contributed by atoms with Gasteiger partial charge in [0.05, 0.1) is 0 Å². The first-order valence-electron chi connectivity index (χ1n) is 5.81. The molecule has 0 aromatic heterocycles. The summed E-state index contributed by atoms with van der Waals surface area (Å²) in [6.45, 7) is 2.63. The van der Waals surface area contributed by atoms with Gasteiger partial charge in [-0.2, -0.15) is 0 Å². The summed E-state index contributed by atoms with van der Waals surface area (Å²) in [6, 6.07) is 5.57. The van der Waals surface area contributed by atoms with Crippen molar-refractivity contribution >= 4 is 11.8 Å². The van der Waals surface area contributed by atoms with Crippen LogP contribution in [0.25, 0.3) is 0 Å². The highest BCUT2D eigenvalue weighted by Gasteiger charge is 2.17. The number of rotatable bonds is 2. The van der Waals surface area contributed by atoms with Crippen LogP contribution in [-0.4, -0.2) is 18.4 Å². The van der Waals surface area contributed by atoms with Crippen molar-refractivity contribution in [2.45, 2.75) is 19.9 Å². The molecule has 0 atom stereocenters. The molecule has 2 rings (SSSR count). The van der Waals surface area contributed by atoms with Gasteiger partial charge in [0.25, 0.3) is 5.91 Å². The molecule has 4 heteroatoms. The molecule has 0 bridgehead atoms. The second-order valence-electron chi connectivity index (χ2n) is 4.09. The maximum Gasteiger partial charge on any atom is 0.251 e. The van der Waals surface area contributed by atoms with E-state index in [-0.39, 0.29) is 11.8 Å². The molecule has 0 fully saturated rings. The Morgan fingerprint density at radius 1 is 1.50 bits per heavy atom. The Bertz CT molecular complexity index is 553. The van der Waals surface area contributed by atoms with Gasteiger partial charge in [-0.1, -0.05) is 11.8 Å². The summed E-state index contributed by atoms with van der Waals surface area (Å²) in [6.07, 6.45) is 0.619. The fourth-order valence-corrected chi connectivity index (χ4v) is 1.78. The van der Waals surface area contributed by atoms with E-state index in [9.17, 15) is 9.59 Å². The molecule has 1 aromatic carbocycles. The van der Waals surface area contributed by atoms with E-state index in [1.54, 1.807) is 6.07 Å². The lowest BCUT2D eigenvalue weighted by Gasteiger charge is -1.97. The van der Waals surface area contributed by atoms with Crippen LogP contribution in [-0.2, 0) is 11.3 Å². The lowest BCUT2D eigenvalue weighted by molar-refractivity contribution is -0.118. The van der Waals surface area contributed by atoms with E-state index < -0.39 is 0 Å². The van der Waals surface area contributed by atoms with Crippen molar-refractivity contribution in [3.8, 4) is 11.8 Å². The molecule has 0 spiro atoms.